The molecule has 0 spiro atoms. The molecular formula is C26H24BrClN4O3. The lowest BCUT2D eigenvalue weighted by atomic mass is 10.2. The van der Waals surface area contributed by atoms with Gasteiger partial charge in [0.1, 0.15) is 11.6 Å². The number of anilines is 1. The van der Waals surface area contributed by atoms with Gasteiger partial charge in [-0.2, -0.15) is 0 Å². The molecular weight excluding hydrogens is 532 g/mol. The number of carbonyl (C=O) groups excluding carboxylic acids is 1. The predicted molar refractivity (Wildman–Crippen MR) is 143 cm³/mol. The van der Waals surface area contributed by atoms with Crippen LogP contribution in [0, 0.1) is 0 Å². The molecule has 0 fully saturated rings. The number of urea groups is 1. The number of halogens is 2. The van der Waals surface area contributed by atoms with E-state index in [2.05, 4.69) is 21.2 Å². The fraction of sp³-hybridized carbons (Fsp3) is 0.192. The molecule has 0 aliphatic carbocycles. The minimum Gasteiger partial charge on any atom is -0.497 e. The second-order valence-electron chi connectivity index (χ2n) is 7.84. The Kier molecular flexibility index (Phi) is 7.42. The van der Waals surface area contributed by atoms with Crippen LogP contribution >= 0.6 is 27.5 Å². The van der Waals surface area contributed by atoms with Gasteiger partial charge in [-0.15, -0.1) is 0 Å². The highest BCUT2D eigenvalue weighted by atomic mass is 79.9. The Bertz CT molecular complexity index is 1440. The SMILES string of the molecule is CCN(C(=O)Nc1ccccc1Br)C(C)c1nc2cc(Cl)ccc2c(=O)n1-c1ccc(OC)cc1. The summed E-state index contributed by atoms with van der Waals surface area (Å²) >= 11 is 9.66. The van der Waals surface area contributed by atoms with Crippen LogP contribution in [0.3, 0.4) is 0 Å². The van der Waals surface area contributed by atoms with Crippen LogP contribution in [-0.2, 0) is 0 Å². The van der Waals surface area contributed by atoms with Gasteiger partial charge in [0, 0.05) is 16.0 Å². The third-order valence-corrected chi connectivity index (χ3v) is 6.67. The van der Waals surface area contributed by atoms with Gasteiger partial charge in [-0.25, -0.2) is 9.78 Å². The molecule has 7 nitrogen and oxygen atoms in total. The Morgan fingerprint density at radius 1 is 1.17 bits per heavy atom. The summed E-state index contributed by atoms with van der Waals surface area (Å²) in [6, 6.07) is 18.6. The zero-order chi connectivity index (χ0) is 25.1. The van der Waals surface area contributed by atoms with Crippen LogP contribution in [0.2, 0.25) is 5.02 Å². The molecule has 3 aromatic carbocycles. The van der Waals surface area contributed by atoms with Crippen LogP contribution in [0.15, 0.2) is 76.0 Å². The normalized spacial score (nSPS) is 11.8. The van der Waals surface area contributed by atoms with Gasteiger partial charge in [0.2, 0.25) is 0 Å². The largest absolute Gasteiger partial charge is 0.497 e. The molecule has 0 aliphatic rings. The van der Waals surface area contributed by atoms with E-state index in [1.807, 2.05) is 38.1 Å². The van der Waals surface area contributed by atoms with Gasteiger partial charge in [0.25, 0.3) is 5.56 Å². The Morgan fingerprint density at radius 2 is 1.89 bits per heavy atom. The quantitative estimate of drug-likeness (QED) is 0.298. The summed E-state index contributed by atoms with van der Waals surface area (Å²) < 4.78 is 7.57. The number of ether oxygens (including phenoxy) is 1. The summed E-state index contributed by atoms with van der Waals surface area (Å²) in [6.45, 7) is 4.12. The minimum atomic E-state index is -0.541. The Hall–Kier alpha value is -3.36. The van der Waals surface area contributed by atoms with E-state index in [9.17, 15) is 9.59 Å². The Labute approximate surface area is 216 Å². The average Bonchev–Trinajstić information content (AvgIpc) is 2.85. The number of hydrogen-bond donors (Lipinski definition) is 1. The van der Waals surface area contributed by atoms with Crippen molar-refractivity contribution in [3.8, 4) is 11.4 Å². The van der Waals surface area contributed by atoms with E-state index in [1.165, 1.54) is 4.57 Å². The number of methoxy groups -OCH3 is 1. The Morgan fingerprint density at radius 3 is 2.54 bits per heavy atom. The first-order valence-corrected chi connectivity index (χ1v) is 12.2. The van der Waals surface area contributed by atoms with Crippen LogP contribution in [0.5, 0.6) is 5.75 Å². The molecule has 0 saturated carbocycles. The lowest BCUT2D eigenvalue weighted by Gasteiger charge is -2.29. The van der Waals surface area contributed by atoms with Crippen molar-refractivity contribution < 1.29 is 9.53 Å². The van der Waals surface area contributed by atoms with Crippen molar-refractivity contribution >= 4 is 50.2 Å². The summed E-state index contributed by atoms with van der Waals surface area (Å²) in [5.74, 6) is 1.08. The third-order valence-electron chi connectivity index (χ3n) is 5.75. The highest BCUT2D eigenvalue weighted by molar-refractivity contribution is 9.10. The topological polar surface area (TPSA) is 76.5 Å². The van der Waals surface area contributed by atoms with Crippen molar-refractivity contribution in [2.75, 3.05) is 19.0 Å². The number of aromatic nitrogens is 2. The van der Waals surface area contributed by atoms with Gasteiger partial charge in [-0.05, 0) is 84.4 Å². The standard InChI is InChI=1S/C26H24BrClN4O3/c1-4-31(26(34)30-22-8-6-5-7-21(22)27)16(2)24-29-23-15-17(28)9-14-20(23)25(33)32(24)18-10-12-19(35-3)13-11-18/h5-16H,4H2,1-3H3,(H,30,34). The number of nitrogens with zero attached hydrogens (tertiary/aromatic N) is 3. The second kappa shape index (κ2) is 10.5. The molecule has 4 rings (SSSR count). The molecule has 2 amide bonds. The highest BCUT2D eigenvalue weighted by Crippen LogP contribution is 2.27. The number of carbonyl (C=O) groups is 1. The van der Waals surface area contributed by atoms with Gasteiger partial charge in [0.15, 0.2) is 0 Å². The smallest absolute Gasteiger partial charge is 0.322 e. The zero-order valence-electron chi connectivity index (χ0n) is 19.5. The molecule has 1 unspecified atom stereocenters. The first-order chi connectivity index (χ1) is 16.8. The predicted octanol–water partition coefficient (Wildman–Crippen LogP) is 6.43. The Balaban J connectivity index is 1.84. The minimum absolute atomic E-state index is 0.249. The number of amides is 2. The number of para-hydroxylation sites is 1. The van der Waals surface area contributed by atoms with Crippen LogP contribution < -0.4 is 15.6 Å². The molecule has 0 aliphatic heterocycles. The monoisotopic (exact) mass is 554 g/mol. The maximum atomic E-state index is 13.7. The summed E-state index contributed by atoms with van der Waals surface area (Å²) in [6.07, 6.45) is 0. The number of nitrogens with one attached hydrogen (secondary N) is 1. The van der Waals surface area contributed by atoms with Crippen LogP contribution in [0.1, 0.15) is 25.7 Å². The number of fused-ring (bicyclic) bond motifs is 1. The molecule has 0 bridgehead atoms. The van der Waals surface area contributed by atoms with Gasteiger partial charge in [-0.1, -0.05) is 23.7 Å². The lowest BCUT2D eigenvalue weighted by Crippen LogP contribution is -2.39. The van der Waals surface area contributed by atoms with E-state index in [1.54, 1.807) is 54.5 Å². The molecule has 1 atom stereocenters. The fourth-order valence-corrected chi connectivity index (χ4v) is 4.47. The van der Waals surface area contributed by atoms with Gasteiger partial charge in [-0.3, -0.25) is 9.36 Å². The first-order valence-electron chi connectivity index (χ1n) is 11.0. The second-order valence-corrected chi connectivity index (χ2v) is 9.13. The van der Waals surface area contributed by atoms with Crippen molar-refractivity contribution in [1.82, 2.24) is 14.5 Å². The van der Waals surface area contributed by atoms with Crippen LogP contribution in [0.25, 0.3) is 16.6 Å². The third kappa shape index (κ3) is 5.04. The number of benzene rings is 3. The number of rotatable bonds is 6. The van der Waals surface area contributed by atoms with E-state index >= 15 is 0 Å². The van der Waals surface area contributed by atoms with Crippen LogP contribution in [0.4, 0.5) is 10.5 Å². The molecule has 1 heterocycles. The van der Waals surface area contributed by atoms with E-state index in [0.29, 0.717) is 45.4 Å². The van der Waals surface area contributed by atoms with Crippen molar-refractivity contribution in [2.45, 2.75) is 19.9 Å². The summed E-state index contributed by atoms with van der Waals surface area (Å²) in [5.41, 5.74) is 1.48. The first kappa shape index (κ1) is 24.8. The summed E-state index contributed by atoms with van der Waals surface area (Å²) in [4.78, 5) is 33.4. The molecule has 35 heavy (non-hydrogen) atoms. The molecule has 0 saturated heterocycles. The maximum absolute atomic E-state index is 13.7. The molecule has 9 heteroatoms. The van der Waals surface area contributed by atoms with E-state index in [-0.39, 0.29) is 11.6 Å². The molecule has 1 aromatic heterocycles. The highest BCUT2D eigenvalue weighted by Gasteiger charge is 2.26. The van der Waals surface area contributed by atoms with Gasteiger partial charge < -0.3 is 15.0 Å². The summed E-state index contributed by atoms with van der Waals surface area (Å²) in [7, 11) is 1.58. The molecule has 180 valence electrons. The van der Waals surface area contributed by atoms with Crippen LogP contribution in [-0.4, -0.2) is 34.1 Å². The van der Waals surface area contributed by atoms with E-state index in [4.69, 9.17) is 21.3 Å². The van der Waals surface area contributed by atoms with E-state index < -0.39 is 6.04 Å². The van der Waals surface area contributed by atoms with Gasteiger partial charge in [0.05, 0.1) is 35.4 Å². The average molecular weight is 556 g/mol. The summed E-state index contributed by atoms with van der Waals surface area (Å²) in [5, 5.41) is 3.84. The van der Waals surface area contributed by atoms with Crippen molar-refractivity contribution in [1.29, 1.82) is 0 Å². The zero-order valence-corrected chi connectivity index (χ0v) is 21.8. The molecule has 4 aromatic rings. The van der Waals surface area contributed by atoms with Crippen molar-refractivity contribution in [3.63, 3.8) is 0 Å². The van der Waals surface area contributed by atoms with E-state index in [0.717, 1.165) is 4.47 Å². The maximum Gasteiger partial charge on any atom is 0.322 e. The number of hydrogen-bond acceptors (Lipinski definition) is 4. The van der Waals surface area contributed by atoms with Crippen molar-refractivity contribution in [2.24, 2.45) is 0 Å². The van der Waals surface area contributed by atoms with Crippen molar-refractivity contribution in [3.05, 3.63) is 92.4 Å². The fourth-order valence-electron chi connectivity index (χ4n) is 3.92. The van der Waals surface area contributed by atoms with Gasteiger partial charge >= 0.3 is 6.03 Å². The molecule has 1 N–H and O–H groups in total. The molecule has 0 radical (unpaired) electrons. The lowest BCUT2D eigenvalue weighted by molar-refractivity contribution is 0.193.